The quantitative estimate of drug-likeness (QED) is 0.761. The van der Waals surface area contributed by atoms with Crippen LogP contribution in [0.3, 0.4) is 0 Å². The van der Waals surface area contributed by atoms with Gasteiger partial charge in [-0.1, -0.05) is 11.6 Å². The molecule has 4 heteroatoms. The van der Waals surface area contributed by atoms with E-state index in [-0.39, 0.29) is 0 Å². The largest absolute Gasteiger partial charge is 0.458 e. The molecule has 0 aliphatic carbocycles. The van der Waals surface area contributed by atoms with Gasteiger partial charge in [0.15, 0.2) is 5.58 Å². The Morgan fingerprint density at radius 3 is 3.12 bits per heavy atom. The van der Waals surface area contributed by atoms with E-state index in [1.807, 2.05) is 12.1 Å². The highest BCUT2D eigenvalue weighted by molar-refractivity contribution is 6.30. The second kappa shape index (κ2) is 3.75. The summed E-state index contributed by atoms with van der Waals surface area (Å²) < 4.78 is 5.81. The van der Waals surface area contributed by atoms with Crippen molar-refractivity contribution in [3.05, 3.63) is 29.1 Å². The average Bonchev–Trinajstić information content (AvgIpc) is 2.82. The van der Waals surface area contributed by atoms with Gasteiger partial charge in [-0.15, -0.1) is 0 Å². The highest BCUT2D eigenvalue weighted by atomic mass is 35.5. The first-order chi connectivity index (χ1) is 7.74. The number of fused-ring (bicyclic) bond motifs is 1. The van der Waals surface area contributed by atoms with Crippen LogP contribution >= 0.6 is 11.6 Å². The number of hydrogen-bond donors (Lipinski definition) is 0. The number of pyridine rings is 1. The van der Waals surface area contributed by atoms with Gasteiger partial charge in [0.25, 0.3) is 0 Å². The number of likely N-dealkylation sites (tertiary alicyclic amines) is 1. The molecule has 2 aromatic heterocycles. The lowest BCUT2D eigenvalue weighted by molar-refractivity contribution is 0.281. The molecule has 3 heterocycles. The van der Waals surface area contributed by atoms with E-state index in [1.165, 1.54) is 6.42 Å². The Hall–Kier alpha value is -1.06. The fourth-order valence-corrected chi connectivity index (χ4v) is 2.49. The monoisotopic (exact) mass is 236 g/mol. The molecule has 16 heavy (non-hydrogen) atoms. The molecule has 0 saturated carbocycles. The van der Waals surface area contributed by atoms with Crippen molar-refractivity contribution >= 4 is 22.7 Å². The lowest BCUT2D eigenvalue weighted by Gasteiger charge is -2.16. The summed E-state index contributed by atoms with van der Waals surface area (Å²) in [6, 6.07) is 4.24. The normalized spacial score (nSPS) is 22.0. The zero-order valence-corrected chi connectivity index (χ0v) is 9.87. The van der Waals surface area contributed by atoms with Crippen LogP contribution in [0, 0.1) is 0 Å². The Morgan fingerprint density at radius 1 is 1.50 bits per heavy atom. The van der Waals surface area contributed by atoms with Crippen LogP contribution in [0.15, 0.2) is 22.7 Å². The van der Waals surface area contributed by atoms with Crippen molar-refractivity contribution in [3.8, 4) is 0 Å². The predicted octanol–water partition coefficient (Wildman–Crippen LogP) is 3.25. The first-order valence-corrected chi connectivity index (χ1v) is 5.87. The first-order valence-electron chi connectivity index (χ1n) is 5.49. The first kappa shape index (κ1) is 10.1. The molecule has 84 valence electrons. The van der Waals surface area contributed by atoms with Crippen LogP contribution in [0.2, 0.25) is 5.02 Å². The summed E-state index contributed by atoms with van der Waals surface area (Å²) in [7, 11) is 2.13. The molecule has 1 aliphatic rings. The Morgan fingerprint density at radius 2 is 2.38 bits per heavy atom. The summed E-state index contributed by atoms with van der Waals surface area (Å²) in [5, 5.41) is 0.619. The van der Waals surface area contributed by atoms with Crippen molar-refractivity contribution in [1.82, 2.24) is 9.88 Å². The molecule has 0 aromatic carbocycles. The maximum atomic E-state index is 5.88. The van der Waals surface area contributed by atoms with Gasteiger partial charge in [0.05, 0.1) is 11.1 Å². The van der Waals surface area contributed by atoms with Gasteiger partial charge in [0, 0.05) is 18.3 Å². The van der Waals surface area contributed by atoms with Crippen molar-refractivity contribution in [3.63, 3.8) is 0 Å². The van der Waals surface area contributed by atoms with Crippen molar-refractivity contribution in [2.75, 3.05) is 13.6 Å². The maximum absolute atomic E-state index is 5.88. The van der Waals surface area contributed by atoms with Crippen LogP contribution in [-0.2, 0) is 0 Å². The van der Waals surface area contributed by atoms with E-state index < -0.39 is 0 Å². The standard InChI is InChI=1S/C12H13ClN2O/c1-15-4-2-3-10(15)12-6-9-11(16-12)5-8(13)7-14-9/h5-7,10H,2-4H2,1H3. The SMILES string of the molecule is CN1CCCC1c1cc2ncc(Cl)cc2o1. The molecule has 1 atom stereocenters. The van der Waals surface area contributed by atoms with Gasteiger partial charge in [-0.25, -0.2) is 0 Å². The van der Waals surface area contributed by atoms with E-state index in [0.717, 1.165) is 29.8 Å². The minimum atomic E-state index is 0.396. The third-order valence-electron chi connectivity index (χ3n) is 3.20. The zero-order chi connectivity index (χ0) is 11.1. The molecule has 3 rings (SSSR count). The van der Waals surface area contributed by atoms with Gasteiger partial charge in [0.2, 0.25) is 0 Å². The van der Waals surface area contributed by atoms with Gasteiger partial charge in [-0.05, 0) is 26.4 Å². The summed E-state index contributed by atoms with van der Waals surface area (Å²) in [6.07, 6.45) is 4.04. The molecule has 2 aromatic rings. The average molecular weight is 237 g/mol. The van der Waals surface area contributed by atoms with Crippen LogP contribution in [0.5, 0.6) is 0 Å². The van der Waals surface area contributed by atoms with E-state index in [9.17, 15) is 0 Å². The second-order valence-electron chi connectivity index (χ2n) is 4.32. The number of aromatic nitrogens is 1. The van der Waals surface area contributed by atoms with Crippen LogP contribution in [0.25, 0.3) is 11.1 Å². The molecule has 0 bridgehead atoms. The molecular formula is C12H13ClN2O. The third-order valence-corrected chi connectivity index (χ3v) is 3.41. The summed E-state index contributed by atoms with van der Waals surface area (Å²) >= 11 is 5.88. The minimum Gasteiger partial charge on any atom is -0.458 e. The minimum absolute atomic E-state index is 0.396. The van der Waals surface area contributed by atoms with Crippen molar-refractivity contribution < 1.29 is 4.42 Å². The Bertz CT molecular complexity index is 523. The molecule has 0 N–H and O–H groups in total. The molecule has 0 spiro atoms. The number of nitrogens with zero attached hydrogens (tertiary/aromatic N) is 2. The Balaban J connectivity index is 2.04. The maximum Gasteiger partial charge on any atom is 0.154 e. The summed E-state index contributed by atoms with van der Waals surface area (Å²) in [4.78, 5) is 6.57. The van der Waals surface area contributed by atoms with Gasteiger partial charge in [-0.2, -0.15) is 0 Å². The molecule has 1 fully saturated rings. The smallest absolute Gasteiger partial charge is 0.154 e. The molecule has 0 radical (unpaired) electrons. The van der Waals surface area contributed by atoms with Crippen LogP contribution in [0.4, 0.5) is 0 Å². The van der Waals surface area contributed by atoms with Gasteiger partial charge in [0.1, 0.15) is 11.3 Å². The van der Waals surface area contributed by atoms with Gasteiger partial charge < -0.3 is 4.42 Å². The van der Waals surface area contributed by atoms with Crippen LogP contribution in [0.1, 0.15) is 24.6 Å². The molecule has 1 saturated heterocycles. The fraction of sp³-hybridized carbons (Fsp3) is 0.417. The highest BCUT2D eigenvalue weighted by Crippen LogP contribution is 2.33. The molecule has 1 aliphatic heterocycles. The summed E-state index contributed by atoms with van der Waals surface area (Å²) in [5.41, 5.74) is 1.67. The predicted molar refractivity (Wildman–Crippen MR) is 63.6 cm³/mol. The van der Waals surface area contributed by atoms with Crippen molar-refractivity contribution in [2.45, 2.75) is 18.9 Å². The summed E-state index contributed by atoms with van der Waals surface area (Å²) in [5.74, 6) is 1.00. The van der Waals surface area contributed by atoms with Crippen LogP contribution in [-0.4, -0.2) is 23.5 Å². The number of furan rings is 1. The summed E-state index contributed by atoms with van der Waals surface area (Å²) in [6.45, 7) is 1.13. The Labute approximate surface area is 99.0 Å². The molecule has 1 unspecified atom stereocenters. The number of rotatable bonds is 1. The van der Waals surface area contributed by atoms with Crippen molar-refractivity contribution in [1.29, 1.82) is 0 Å². The molecule has 3 nitrogen and oxygen atoms in total. The number of halogens is 1. The van der Waals surface area contributed by atoms with E-state index >= 15 is 0 Å². The lowest BCUT2D eigenvalue weighted by atomic mass is 10.2. The van der Waals surface area contributed by atoms with Gasteiger partial charge in [-0.3, -0.25) is 9.88 Å². The van der Waals surface area contributed by atoms with Crippen LogP contribution < -0.4 is 0 Å². The van der Waals surface area contributed by atoms with E-state index in [1.54, 1.807) is 6.20 Å². The van der Waals surface area contributed by atoms with E-state index in [0.29, 0.717) is 11.1 Å². The molecule has 0 amide bonds. The van der Waals surface area contributed by atoms with Gasteiger partial charge >= 0.3 is 0 Å². The zero-order valence-electron chi connectivity index (χ0n) is 9.11. The fourth-order valence-electron chi connectivity index (χ4n) is 2.35. The van der Waals surface area contributed by atoms with Crippen molar-refractivity contribution in [2.24, 2.45) is 0 Å². The topological polar surface area (TPSA) is 29.3 Å². The number of hydrogen-bond acceptors (Lipinski definition) is 3. The lowest BCUT2D eigenvalue weighted by Crippen LogP contribution is -2.16. The second-order valence-corrected chi connectivity index (χ2v) is 4.76. The van der Waals surface area contributed by atoms with E-state index in [2.05, 4.69) is 16.9 Å². The highest BCUT2D eigenvalue weighted by Gasteiger charge is 2.25. The Kier molecular flexibility index (Phi) is 2.37. The molecular weight excluding hydrogens is 224 g/mol. The third kappa shape index (κ3) is 1.60. The van der Waals surface area contributed by atoms with E-state index in [4.69, 9.17) is 16.0 Å².